The van der Waals surface area contributed by atoms with Crippen LogP contribution in [0.2, 0.25) is 0 Å². The molecule has 0 aliphatic carbocycles. The molecule has 7 nitrogen and oxygen atoms in total. The zero-order valence-corrected chi connectivity index (χ0v) is 19.5. The van der Waals surface area contributed by atoms with Gasteiger partial charge in [-0.05, 0) is 37.1 Å². The summed E-state index contributed by atoms with van der Waals surface area (Å²) in [5, 5.41) is 5.56. The molecule has 0 amide bonds. The van der Waals surface area contributed by atoms with Crippen molar-refractivity contribution in [3.8, 4) is 11.5 Å². The smallest absolute Gasteiger partial charge is 0.306 e. The Morgan fingerprint density at radius 1 is 1.19 bits per heavy atom. The Morgan fingerprint density at radius 3 is 2.48 bits per heavy atom. The zero-order chi connectivity index (χ0) is 22.4. The van der Waals surface area contributed by atoms with Gasteiger partial charge in [-0.25, -0.2) is 13.6 Å². The predicted octanol–water partition coefficient (Wildman–Crippen LogP) is 4.05. The van der Waals surface area contributed by atoms with E-state index < -0.39 is 10.0 Å². The quantitative estimate of drug-likeness (QED) is 0.343. The van der Waals surface area contributed by atoms with E-state index in [1.54, 1.807) is 31.2 Å². The summed E-state index contributed by atoms with van der Waals surface area (Å²) in [6.45, 7) is 3.25. The van der Waals surface area contributed by atoms with Gasteiger partial charge in [0.05, 0.1) is 9.88 Å². The second kappa shape index (κ2) is 10.4. The summed E-state index contributed by atoms with van der Waals surface area (Å²) in [6, 6.07) is 12.2. The maximum Gasteiger partial charge on any atom is 0.306 e. The second-order valence-electron chi connectivity index (χ2n) is 6.90. The minimum Gasteiger partial charge on any atom is -0.454 e. The van der Waals surface area contributed by atoms with Gasteiger partial charge in [0.15, 0.2) is 5.75 Å². The largest absolute Gasteiger partial charge is 0.454 e. The lowest BCUT2D eigenvalue weighted by Crippen LogP contribution is -2.21. The Hall–Kier alpha value is -2.14. The number of primary sulfonamides is 1. The molecule has 31 heavy (non-hydrogen) atoms. The fourth-order valence-electron chi connectivity index (χ4n) is 3.15. The monoisotopic (exact) mass is 480 g/mol. The maximum atomic E-state index is 12.5. The number of esters is 1. The van der Waals surface area contributed by atoms with Gasteiger partial charge in [-0.2, -0.15) is 0 Å². The van der Waals surface area contributed by atoms with Crippen molar-refractivity contribution < 1.29 is 22.7 Å². The number of carbonyl (C=O) groups is 1. The first-order valence-electron chi connectivity index (χ1n) is 9.81. The average Bonchev–Trinajstić information content (AvgIpc) is 3.28. The standard InChI is InChI=1S/C21H24N2O5S3/c1-2-19(24)27-14-30-21(29)15-12-17(23-10-6-7-11-23)20(18(13-15)31(22,25)26)28-16-8-4-3-5-9-16/h3-5,8-9,12-13H,2,6-7,10-11,14H2,1H3,(H2,22,25,26). The van der Waals surface area contributed by atoms with Gasteiger partial charge in [0.25, 0.3) is 0 Å². The van der Waals surface area contributed by atoms with Crippen molar-refractivity contribution in [2.24, 2.45) is 5.14 Å². The van der Waals surface area contributed by atoms with Gasteiger partial charge in [0.2, 0.25) is 10.0 Å². The SMILES string of the molecule is CCC(=O)OCSC(=S)c1cc(N2CCCC2)c(Oc2ccccc2)c(S(N)(=O)=O)c1. The molecule has 1 aliphatic rings. The number of hydrogen-bond donors (Lipinski definition) is 1. The third-order valence-corrected chi connectivity index (χ3v) is 6.93. The number of anilines is 1. The summed E-state index contributed by atoms with van der Waals surface area (Å²) in [6.07, 6.45) is 2.26. The molecule has 0 unspecified atom stereocenters. The minimum atomic E-state index is -4.11. The molecule has 0 spiro atoms. The lowest BCUT2D eigenvalue weighted by Gasteiger charge is -2.24. The van der Waals surface area contributed by atoms with Crippen LogP contribution in [0.15, 0.2) is 47.4 Å². The second-order valence-corrected chi connectivity index (χ2v) is 10.0. The number of thiocarbonyl (C=S) groups is 1. The van der Waals surface area contributed by atoms with Crippen LogP contribution in [0.5, 0.6) is 11.5 Å². The van der Waals surface area contributed by atoms with Crippen LogP contribution in [-0.2, 0) is 19.6 Å². The number of nitrogens with two attached hydrogens (primary N) is 1. The van der Waals surface area contributed by atoms with E-state index >= 15 is 0 Å². The molecular formula is C21H24N2O5S3. The summed E-state index contributed by atoms with van der Waals surface area (Å²) in [7, 11) is -4.11. The number of benzene rings is 2. The molecule has 3 rings (SSSR count). The predicted molar refractivity (Wildman–Crippen MR) is 126 cm³/mol. The van der Waals surface area contributed by atoms with Gasteiger partial charge in [0, 0.05) is 25.1 Å². The van der Waals surface area contributed by atoms with Gasteiger partial charge in [-0.3, -0.25) is 4.79 Å². The Morgan fingerprint density at radius 2 is 1.87 bits per heavy atom. The summed E-state index contributed by atoms with van der Waals surface area (Å²) in [5.74, 6) is 0.413. The van der Waals surface area contributed by atoms with Crippen molar-refractivity contribution in [1.82, 2.24) is 0 Å². The van der Waals surface area contributed by atoms with Crippen LogP contribution in [0.1, 0.15) is 31.7 Å². The first-order valence-corrected chi connectivity index (χ1v) is 12.7. The van der Waals surface area contributed by atoms with Gasteiger partial charge in [-0.1, -0.05) is 49.1 Å². The highest BCUT2D eigenvalue weighted by molar-refractivity contribution is 8.23. The molecule has 10 heteroatoms. The van der Waals surface area contributed by atoms with Crippen molar-refractivity contribution in [2.75, 3.05) is 23.9 Å². The van der Waals surface area contributed by atoms with E-state index in [1.807, 2.05) is 12.1 Å². The van der Waals surface area contributed by atoms with Crippen LogP contribution in [0.25, 0.3) is 0 Å². The molecular weight excluding hydrogens is 456 g/mol. The number of rotatable bonds is 8. The number of para-hydroxylation sites is 1. The van der Waals surface area contributed by atoms with Gasteiger partial charge >= 0.3 is 5.97 Å². The van der Waals surface area contributed by atoms with Crippen LogP contribution < -0.4 is 14.8 Å². The van der Waals surface area contributed by atoms with E-state index in [-0.39, 0.29) is 29.0 Å². The first kappa shape index (κ1) is 23.5. The van der Waals surface area contributed by atoms with E-state index in [9.17, 15) is 13.2 Å². The number of hydrogen-bond acceptors (Lipinski definition) is 8. The number of nitrogens with zero attached hydrogens (tertiary/aromatic N) is 1. The molecule has 2 N–H and O–H groups in total. The Kier molecular flexibility index (Phi) is 7.93. The van der Waals surface area contributed by atoms with Crippen LogP contribution >= 0.6 is 24.0 Å². The molecule has 1 saturated heterocycles. The molecule has 1 heterocycles. The number of thioether (sulfide) groups is 1. The highest BCUT2D eigenvalue weighted by Gasteiger charge is 2.27. The summed E-state index contributed by atoms with van der Waals surface area (Å²) >= 11 is 6.62. The molecule has 2 aromatic rings. The molecule has 1 aliphatic heterocycles. The van der Waals surface area contributed by atoms with Gasteiger partial charge in [0.1, 0.15) is 16.6 Å². The summed E-state index contributed by atoms with van der Waals surface area (Å²) in [5.41, 5.74) is 1.13. The van der Waals surface area contributed by atoms with Crippen molar-refractivity contribution in [3.63, 3.8) is 0 Å². The Balaban J connectivity index is 2.02. The third-order valence-electron chi connectivity index (χ3n) is 4.69. The maximum absolute atomic E-state index is 12.5. The first-order chi connectivity index (χ1) is 14.8. The fraction of sp³-hybridized carbons (Fsp3) is 0.333. The van der Waals surface area contributed by atoms with E-state index in [1.165, 1.54) is 6.07 Å². The molecule has 0 bridgehead atoms. The molecule has 0 saturated carbocycles. The van der Waals surface area contributed by atoms with E-state index in [0.717, 1.165) is 37.7 Å². The lowest BCUT2D eigenvalue weighted by atomic mass is 10.2. The van der Waals surface area contributed by atoms with Crippen LogP contribution in [0.3, 0.4) is 0 Å². The van der Waals surface area contributed by atoms with E-state index in [0.29, 0.717) is 21.2 Å². The van der Waals surface area contributed by atoms with Crippen LogP contribution in [-0.4, -0.2) is 37.6 Å². The lowest BCUT2D eigenvalue weighted by molar-refractivity contribution is -0.140. The van der Waals surface area contributed by atoms with Crippen molar-refractivity contribution >= 4 is 49.9 Å². The molecule has 2 aromatic carbocycles. The van der Waals surface area contributed by atoms with E-state index in [2.05, 4.69) is 4.90 Å². The van der Waals surface area contributed by atoms with Crippen molar-refractivity contribution in [1.29, 1.82) is 0 Å². The zero-order valence-electron chi connectivity index (χ0n) is 17.1. The highest BCUT2D eigenvalue weighted by Crippen LogP contribution is 2.41. The topological polar surface area (TPSA) is 98.9 Å². The molecule has 0 aromatic heterocycles. The van der Waals surface area contributed by atoms with Crippen molar-refractivity contribution in [3.05, 3.63) is 48.0 Å². The third kappa shape index (κ3) is 6.19. The molecule has 166 valence electrons. The molecule has 0 atom stereocenters. The fourth-order valence-corrected chi connectivity index (χ4v) is 4.69. The van der Waals surface area contributed by atoms with Crippen LogP contribution in [0.4, 0.5) is 5.69 Å². The normalized spacial score (nSPS) is 13.8. The van der Waals surface area contributed by atoms with E-state index in [4.69, 9.17) is 26.8 Å². The number of carbonyl (C=O) groups excluding carboxylic acids is 1. The number of sulfonamides is 1. The molecule has 0 radical (unpaired) electrons. The highest BCUT2D eigenvalue weighted by atomic mass is 32.2. The molecule has 1 fully saturated rings. The van der Waals surface area contributed by atoms with Crippen LogP contribution in [0, 0.1) is 0 Å². The summed E-state index contributed by atoms with van der Waals surface area (Å²) in [4.78, 5) is 13.3. The minimum absolute atomic E-state index is 0.0531. The summed E-state index contributed by atoms with van der Waals surface area (Å²) < 4.78 is 36.5. The van der Waals surface area contributed by atoms with Gasteiger partial charge < -0.3 is 14.4 Å². The van der Waals surface area contributed by atoms with Gasteiger partial charge in [-0.15, -0.1) is 0 Å². The van der Waals surface area contributed by atoms with Crippen molar-refractivity contribution in [2.45, 2.75) is 31.1 Å². The average molecular weight is 481 g/mol. The Labute approximate surface area is 191 Å². The Bertz CT molecular complexity index is 1050. The number of ether oxygens (including phenoxy) is 2.